The molecule has 0 heterocycles. The Morgan fingerprint density at radius 2 is 1.63 bits per heavy atom. The van der Waals surface area contributed by atoms with Crippen LogP contribution in [0.25, 0.3) is 0 Å². The fourth-order valence-corrected chi connectivity index (χ4v) is 3.42. The van der Waals surface area contributed by atoms with Gasteiger partial charge in [-0.2, -0.15) is 0 Å². The van der Waals surface area contributed by atoms with Crippen LogP contribution >= 0.6 is 0 Å². The van der Waals surface area contributed by atoms with Gasteiger partial charge in [-0.25, -0.2) is 14.0 Å². The molecule has 0 saturated carbocycles. The van der Waals surface area contributed by atoms with Gasteiger partial charge in [-0.15, -0.1) is 0 Å². The lowest BCUT2D eigenvalue weighted by Gasteiger charge is -2.25. The van der Waals surface area contributed by atoms with Crippen molar-refractivity contribution in [2.45, 2.75) is 53.2 Å². The first-order chi connectivity index (χ1) is 18.1. The Balaban J connectivity index is 1.83. The second kappa shape index (κ2) is 15.9. The fraction of sp³-hybridized carbons (Fsp3) is 0.517. The van der Waals surface area contributed by atoms with Gasteiger partial charge in [0.05, 0.1) is 19.8 Å². The standard InChI is InChI=1S/C29H40FNO7/c1-5-36-26(27(32)33)19-22-9-13-25(14-10-22)37-18-16-31(28(34)38-21-29(2,3)4)15-6-17-35-20-23-7-11-24(30)12-8-23/h7-14,26H,5-6,15-21H2,1-4H3,(H,32,33). The number of carbonyl (C=O) groups is 2. The molecule has 0 spiro atoms. The topological polar surface area (TPSA) is 94.5 Å². The Bertz CT molecular complexity index is 974. The zero-order valence-electron chi connectivity index (χ0n) is 22.8. The smallest absolute Gasteiger partial charge is 0.409 e. The molecule has 0 aliphatic heterocycles. The molecule has 8 nitrogen and oxygen atoms in total. The molecule has 1 unspecified atom stereocenters. The average molecular weight is 534 g/mol. The maximum Gasteiger partial charge on any atom is 0.409 e. The molecule has 2 aromatic rings. The van der Waals surface area contributed by atoms with Gasteiger partial charge in [0, 0.05) is 26.2 Å². The highest BCUT2D eigenvalue weighted by Crippen LogP contribution is 2.16. The summed E-state index contributed by atoms with van der Waals surface area (Å²) < 4.78 is 35.3. The highest BCUT2D eigenvalue weighted by molar-refractivity contribution is 5.72. The van der Waals surface area contributed by atoms with Crippen LogP contribution in [0.4, 0.5) is 9.18 Å². The first-order valence-corrected chi connectivity index (χ1v) is 12.9. The maximum absolute atomic E-state index is 13.0. The Morgan fingerprint density at radius 3 is 2.24 bits per heavy atom. The van der Waals surface area contributed by atoms with Crippen molar-refractivity contribution in [3.63, 3.8) is 0 Å². The van der Waals surface area contributed by atoms with E-state index in [1.165, 1.54) is 12.1 Å². The Morgan fingerprint density at radius 1 is 0.974 bits per heavy atom. The number of amides is 1. The lowest BCUT2D eigenvalue weighted by molar-refractivity contribution is -0.149. The van der Waals surface area contributed by atoms with Crippen molar-refractivity contribution in [3.8, 4) is 5.75 Å². The normalized spacial score (nSPS) is 12.1. The summed E-state index contributed by atoms with van der Waals surface area (Å²) in [6.45, 7) is 10.2. The molecule has 0 aliphatic carbocycles. The minimum Gasteiger partial charge on any atom is -0.492 e. The van der Waals surface area contributed by atoms with Crippen molar-refractivity contribution in [2.24, 2.45) is 5.41 Å². The van der Waals surface area contributed by atoms with E-state index in [9.17, 15) is 19.1 Å². The van der Waals surface area contributed by atoms with E-state index in [0.717, 1.165) is 11.1 Å². The van der Waals surface area contributed by atoms with Crippen LogP contribution in [0, 0.1) is 11.2 Å². The van der Waals surface area contributed by atoms with Gasteiger partial charge in [-0.3, -0.25) is 0 Å². The summed E-state index contributed by atoms with van der Waals surface area (Å²) in [5.74, 6) is -0.668. The lowest BCUT2D eigenvalue weighted by Crippen LogP contribution is -2.37. The molecule has 1 N–H and O–H groups in total. The van der Waals surface area contributed by atoms with Crippen LogP contribution in [0.2, 0.25) is 0 Å². The van der Waals surface area contributed by atoms with E-state index in [0.29, 0.717) is 51.7 Å². The summed E-state index contributed by atoms with van der Waals surface area (Å²) in [7, 11) is 0. The SMILES string of the molecule is CCOC(Cc1ccc(OCCN(CCCOCc2ccc(F)cc2)C(=O)OCC(C)(C)C)cc1)C(=O)O. The first-order valence-electron chi connectivity index (χ1n) is 12.9. The van der Waals surface area contributed by atoms with Crippen molar-refractivity contribution in [3.05, 3.63) is 65.5 Å². The van der Waals surface area contributed by atoms with Gasteiger partial charge in [-0.1, -0.05) is 45.0 Å². The van der Waals surface area contributed by atoms with E-state index in [1.807, 2.05) is 20.8 Å². The summed E-state index contributed by atoms with van der Waals surface area (Å²) in [4.78, 5) is 25.6. The summed E-state index contributed by atoms with van der Waals surface area (Å²) >= 11 is 0. The number of carbonyl (C=O) groups excluding carboxylic acids is 1. The molecular weight excluding hydrogens is 493 g/mol. The molecule has 0 radical (unpaired) electrons. The second-order valence-electron chi connectivity index (χ2n) is 10.1. The summed E-state index contributed by atoms with van der Waals surface area (Å²) in [6.07, 6.45) is -0.433. The molecule has 0 saturated heterocycles. The number of carboxylic acids is 1. The molecular formula is C29H40FNO7. The van der Waals surface area contributed by atoms with Crippen molar-refractivity contribution in [1.29, 1.82) is 0 Å². The third-order valence-electron chi connectivity index (χ3n) is 5.40. The molecule has 0 aliphatic rings. The van der Waals surface area contributed by atoms with E-state index in [1.54, 1.807) is 48.2 Å². The van der Waals surface area contributed by atoms with Crippen molar-refractivity contribution >= 4 is 12.1 Å². The Hall–Kier alpha value is -3.17. The molecule has 2 aromatic carbocycles. The molecule has 210 valence electrons. The van der Waals surface area contributed by atoms with E-state index in [-0.39, 0.29) is 24.3 Å². The van der Waals surface area contributed by atoms with Crippen LogP contribution in [-0.4, -0.2) is 67.7 Å². The first kappa shape index (κ1) is 31.1. The number of hydrogen-bond acceptors (Lipinski definition) is 6. The molecule has 1 amide bonds. The van der Waals surface area contributed by atoms with E-state index in [2.05, 4.69) is 0 Å². The lowest BCUT2D eigenvalue weighted by atomic mass is 9.99. The minimum atomic E-state index is -0.994. The predicted octanol–water partition coefficient (Wildman–Crippen LogP) is 5.33. The third kappa shape index (κ3) is 12.4. The van der Waals surface area contributed by atoms with Gasteiger partial charge in [0.25, 0.3) is 0 Å². The van der Waals surface area contributed by atoms with E-state index >= 15 is 0 Å². The van der Waals surface area contributed by atoms with Crippen LogP contribution in [0.15, 0.2) is 48.5 Å². The number of aliphatic carboxylic acids is 1. The van der Waals surface area contributed by atoms with Crippen LogP contribution in [0.3, 0.4) is 0 Å². The Kier molecular flexibility index (Phi) is 13.0. The van der Waals surface area contributed by atoms with Crippen LogP contribution in [-0.2, 0) is 32.0 Å². The quantitative estimate of drug-likeness (QED) is 0.292. The van der Waals surface area contributed by atoms with E-state index in [4.69, 9.17) is 18.9 Å². The van der Waals surface area contributed by atoms with Gasteiger partial charge in [0.15, 0.2) is 6.10 Å². The van der Waals surface area contributed by atoms with Gasteiger partial charge < -0.3 is 29.0 Å². The predicted molar refractivity (Wildman–Crippen MR) is 142 cm³/mol. The number of nitrogens with zero attached hydrogens (tertiary/aromatic N) is 1. The second-order valence-corrected chi connectivity index (χ2v) is 10.1. The monoisotopic (exact) mass is 533 g/mol. The van der Waals surface area contributed by atoms with E-state index < -0.39 is 18.2 Å². The van der Waals surface area contributed by atoms with Crippen molar-refractivity contribution in [2.75, 3.05) is 39.5 Å². The van der Waals surface area contributed by atoms with Gasteiger partial charge in [0.2, 0.25) is 0 Å². The maximum atomic E-state index is 13.0. The number of halogens is 1. The zero-order chi connectivity index (χ0) is 28.0. The van der Waals surface area contributed by atoms with Gasteiger partial charge in [0.1, 0.15) is 18.2 Å². The number of benzene rings is 2. The van der Waals surface area contributed by atoms with Gasteiger partial charge >= 0.3 is 12.1 Å². The summed E-state index contributed by atoms with van der Waals surface area (Å²) in [5, 5.41) is 9.26. The minimum absolute atomic E-state index is 0.153. The van der Waals surface area contributed by atoms with Crippen LogP contribution < -0.4 is 4.74 Å². The zero-order valence-corrected chi connectivity index (χ0v) is 22.8. The van der Waals surface area contributed by atoms with Crippen molar-refractivity contribution in [1.82, 2.24) is 4.90 Å². The van der Waals surface area contributed by atoms with Crippen LogP contribution in [0.5, 0.6) is 5.75 Å². The molecule has 38 heavy (non-hydrogen) atoms. The largest absolute Gasteiger partial charge is 0.492 e. The highest BCUT2D eigenvalue weighted by Gasteiger charge is 2.20. The summed E-state index contributed by atoms with van der Waals surface area (Å²) in [6, 6.07) is 13.3. The third-order valence-corrected chi connectivity index (χ3v) is 5.40. The number of ether oxygens (including phenoxy) is 4. The number of carboxylic acid groups (broad SMARTS) is 1. The van der Waals surface area contributed by atoms with Crippen LogP contribution in [0.1, 0.15) is 45.2 Å². The molecule has 9 heteroatoms. The fourth-order valence-electron chi connectivity index (χ4n) is 3.42. The Labute approximate surface area is 224 Å². The highest BCUT2D eigenvalue weighted by atomic mass is 19.1. The molecule has 0 fully saturated rings. The number of hydrogen-bond donors (Lipinski definition) is 1. The van der Waals surface area contributed by atoms with Gasteiger partial charge in [-0.05, 0) is 54.2 Å². The summed E-state index contributed by atoms with van der Waals surface area (Å²) in [5.41, 5.74) is 1.55. The molecule has 0 aromatic heterocycles. The van der Waals surface area contributed by atoms with Crippen molar-refractivity contribution < 1.29 is 38.0 Å². The average Bonchev–Trinajstić information content (AvgIpc) is 2.87. The molecule has 1 atom stereocenters. The number of rotatable bonds is 16. The molecule has 0 bridgehead atoms. The molecule has 2 rings (SSSR count).